The predicted molar refractivity (Wildman–Crippen MR) is 103 cm³/mol. The van der Waals surface area contributed by atoms with Gasteiger partial charge in [-0.2, -0.15) is 0 Å². The molecule has 0 saturated carbocycles. The summed E-state index contributed by atoms with van der Waals surface area (Å²) in [6.45, 7) is 5.03. The molecule has 1 saturated heterocycles. The molecule has 1 unspecified atom stereocenters. The largest absolute Gasteiger partial charge is 0.302 e. The molecule has 0 radical (unpaired) electrons. The van der Waals surface area contributed by atoms with E-state index in [2.05, 4.69) is 64.8 Å². The minimum atomic E-state index is 0.422. The Morgan fingerprint density at radius 1 is 1.21 bits per heavy atom. The first-order valence-corrected chi connectivity index (χ1v) is 9.89. The summed E-state index contributed by atoms with van der Waals surface area (Å²) in [5.74, 6) is 0. The van der Waals surface area contributed by atoms with E-state index in [1.54, 1.807) is 11.9 Å². The number of fused-ring (bicyclic) bond motifs is 1. The van der Waals surface area contributed by atoms with E-state index in [0.29, 0.717) is 18.6 Å². The molecular weight excluding hydrogens is 316 g/mol. The van der Waals surface area contributed by atoms with Crippen LogP contribution in [-0.4, -0.2) is 47.4 Å². The molecule has 3 rings (SSSR count). The number of rotatable bonds is 6. The number of aldehydes is 1. The lowest BCUT2D eigenvalue weighted by atomic mass is 9.96. The Morgan fingerprint density at radius 2 is 1.92 bits per heavy atom. The van der Waals surface area contributed by atoms with Crippen LogP contribution in [0.2, 0.25) is 0 Å². The monoisotopic (exact) mass is 342 g/mol. The van der Waals surface area contributed by atoms with Crippen LogP contribution in [0.5, 0.6) is 0 Å². The molecule has 0 amide bonds. The van der Waals surface area contributed by atoms with Gasteiger partial charge in [0.2, 0.25) is 0 Å². The van der Waals surface area contributed by atoms with E-state index < -0.39 is 0 Å². The summed E-state index contributed by atoms with van der Waals surface area (Å²) in [5, 5.41) is 2.68. The number of benzene rings is 2. The Bertz CT molecular complexity index is 677. The number of carbonyl (C=O) groups excluding carboxylic acids is 1. The maximum atomic E-state index is 10.8. The molecule has 1 aliphatic heterocycles. The van der Waals surface area contributed by atoms with Crippen LogP contribution in [0.3, 0.4) is 0 Å². The first-order chi connectivity index (χ1) is 11.7. The van der Waals surface area contributed by atoms with Gasteiger partial charge in [0.25, 0.3) is 0 Å². The van der Waals surface area contributed by atoms with Gasteiger partial charge in [-0.1, -0.05) is 54.4 Å². The third-order valence-corrected chi connectivity index (χ3v) is 6.13. The van der Waals surface area contributed by atoms with E-state index in [-0.39, 0.29) is 0 Å². The summed E-state index contributed by atoms with van der Waals surface area (Å²) < 4.78 is 2.23. The van der Waals surface area contributed by atoms with E-state index in [4.69, 9.17) is 0 Å². The van der Waals surface area contributed by atoms with Crippen LogP contribution in [0, 0.1) is 0 Å². The summed E-state index contributed by atoms with van der Waals surface area (Å²) in [6.07, 6.45) is 5.34. The molecule has 1 fully saturated rings. The predicted octanol–water partition coefficient (Wildman–Crippen LogP) is 4.14. The van der Waals surface area contributed by atoms with Gasteiger partial charge in [-0.25, -0.2) is 4.31 Å². The van der Waals surface area contributed by atoms with Gasteiger partial charge < -0.3 is 4.79 Å². The lowest BCUT2D eigenvalue weighted by Gasteiger charge is -2.39. The molecule has 2 aromatic carbocycles. The zero-order chi connectivity index (χ0) is 16.9. The van der Waals surface area contributed by atoms with Gasteiger partial charge >= 0.3 is 0 Å². The minimum Gasteiger partial charge on any atom is -0.302 e. The van der Waals surface area contributed by atoms with Crippen LogP contribution >= 0.6 is 11.9 Å². The van der Waals surface area contributed by atoms with Crippen molar-refractivity contribution in [1.82, 2.24) is 9.21 Å². The van der Waals surface area contributed by atoms with Crippen molar-refractivity contribution in [2.45, 2.75) is 31.8 Å². The fourth-order valence-corrected chi connectivity index (χ4v) is 4.54. The van der Waals surface area contributed by atoms with E-state index in [1.165, 1.54) is 16.3 Å². The second kappa shape index (κ2) is 8.15. The third-order valence-electron chi connectivity index (χ3n) is 5.22. The number of piperidine rings is 1. The Balaban J connectivity index is 1.71. The average Bonchev–Trinajstić information content (AvgIpc) is 2.65. The Kier molecular flexibility index (Phi) is 5.93. The number of likely N-dealkylation sites (tertiary alicyclic amines) is 1. The van der Waals surface area contributed by atoms with Crippen molar-refractivity contribution in [3.05, 3.63) is 48.0 Å². The standard InChI is InChI=1S/C20H26N2OS/c1-16(19-9-5-7-17-6-3-4-8-20(17)19)21-12-10-18(11-13-21)22(24-2)14-15-23/h3-9,15-16,18H,10-14H2,1-2H3. The van der Waals surface area contributed by atoms with Gasteiger partial charge in [-0.15, -0.1) is 0 Å². The zero-order valence-corrected chi connectivity index (χ0v) is 15.3. The van der Waals surface area contributed by atoms with E-state index in [0.717, 1.165) is 32.2 Å². The summed E-state index contributed by atoms with van der Waals surface area (Å²) in [6, 6.07) is 16.2. The Morgan fingerprint density at radius 3 is 2.62 bits per heavy atom. The lowest BCUT2D eigenvalue weighted by Crippen LogP contribution is -2.43. The van der Waals surface area contributed by atoms with E-state index >= 15 is 0 Å². The van der Waals surface area contributed by atoms with Crippen molar-refractivity contribution in [2.75, 3.05) is 25.9 Å². The van der Waals surface area contributed by atoms with Crippen molar-refractivity contribution in [2.24, 2.45) is 0 Å². The first-order valence-electron chi connectivity index (χ1n) is 8.70. The maximum Gasteiger partial charge on any atom is 0.134 e. The minimum absolute atomic E-state index is 0.422. The Hall–Kier alpha value is -1.36. The second-order valence-electron chi connectivity index (χ2n) is 6.46. The molecule has 2 aromatic rings. The van der Waals surface area contributed by atoms with Gasteiger partial charge in [-0.05, 0) is 42.4 Å². The van der Waals surface area contributed by atoms with Crippen LogP contribution in [0.4, 0.5) is 0 Å². The zero-order valence-electron chi connectivity index (χ0n) is 14.5. The third kappa shape index (κ3) is 3.66. The van der Waals surface area contributed by atoms with Crippen molar-refractivity contribution in [3.63, 3.8) is 0 Å². The van der Waals surface area contributed by atoms with Gasteiger partial charge in [0.15, 0.2) is 0 Å². The van der Waals surface area contributed by atoms with E-state index in [9.17, 15) is 4.79 Å². The van der Waals surface area contributed by atoms with Crippen molar-refractivity contribution in [3.8, 4) is 0 Å². The van der Waals surface area contributed by atoms with Gasteiger partial charge in [0.05, 0.1) is 6.54 Å². The SMILES string of the molecule is CSN(CC=O)C1CCN(C(C)c2cccc3ccccc23)CC1. The highest BCUT2D eigenvalue weighted by molar-refractivity contribution is 7.96. The number of hydrogen-bond donors (Lipinski definition) is 0. The van der Waals surface area contributed by atoms with Gasteiger partial charge in [0, 0.05) is 25.2 Å². The second-order valence-corrected chi connectivity index (χ2v) is 7.29. The van der Waals surface area contributed by atoms with Gasteiger partial charge in [0.1, 0.15) is 6.29 Å². The van der Waals surface area contributed by atoms with Crippen LogP contribution in [0.25, 0.3) is 10.8 Å². The molecular formula is C20H26N2OS. The highest BCUT2D eigenvalue weighted by Gasteiger charge is 2.27. The molecule has 4 heteroatoms. The van der Waals surface area contributed by atoms with Crippen LogP contribution in [0.15, 0.2) is 42.5 Å². The summed E-state index contributed by atoms with van der Waals surface area (Å²) in [7, 11) is 0. The average molecular weight is 343 g/mol. The molecule has 0 spiro atoms. The van der Waals surface area contributed by atoms with Crippen molar-refractivity contribution < 1.29 is 4.79 Å². The van der Waals surface area contributed by atoms with Crippen LogP contribution < -0.4 is 0 Å². The Labute approximate surface area is 149 Å². The van der Waals surface area contributed by atoms with Crippen molar-refractivity contribution in [1.29, 1.82) is 0 Å². The highest BCUT2D eigenvalue weighted by atomic mass is 32.2. The first kappa shape index (κ1) is 17.5. The fraction of sp³-hybridized carbons (Fsp3) is 0.450. The topological polar surface area (TPSA) is 23.6 Å². The molecule has 128 valence electrons. The summed E-state index contributed by atoms with van der Waals surface area (Å²) in [5.41, 5.74) is 1.42. The number of nitrogens with zero attached hydrogens (tertiary/aromatic N) is 2. The highest BCUT2D eigenvalue weighted by Crippen LogP contribution is 2.31. The quantitative estimate of drug-likeness (QED) is 0.581. The number of hydrogen-bond acceptors (Lipinski definition) is 4. The van der Waals surface area contributed by atoms with Crippen LogP contribution in [0.1, 0.15) is 31.4 Å². The van der Waals surface area contributed by atoms with Crippen LogP contribution in [-0.2, 0) is 4.79 Å². The maximum absolute atomic E-state index is 10.8. The molecule has 1 atom stereocenters. The molecule has 0 aromatic heterocycles. The summed E-state index contributed by atoms with van der Waals surface area (Å²) in [4.78, 5) is 13.4. The van der Waals surface area contributed by atoms with Gasteiger partial charge in [-0.3, -0.25) is 4.90 Å². The van der Waals surface area contributed by atoms with E-state index in [1.807, 2.05) is 0 Å². The smallest absolute Gasteiger partial charge is 0.134 e. The summed E-state index contributed by atoms with van der Waals surface area (Å²) >= 11 is 1.69. The molecule has 0 aliphatic carbocycles. The lowest BCUT2D eigenvalue weighted by molar-refractivity contribution is -0.108. The fourth-order valence-electron chi connectivity index (χ4n) is 3.82. The molecule has 0 N–H and O–H groups in total. The number of carbonyl (C=O) groups is 1. The molecule has 1 heterocycles. The molecule has 24 heavy (non-hydrogen) atoms. The normalized spacial score (nSPS) is 18.1. The molecule has 1 aliphatic rings. The molecule has 0 bridgehead atoms. The molecule has 3 nitrogen and oxygen atoms in total. The van der Waals surface area contributed by atoms with Crippen molar-refractivity contribution >= 4 is 29.0 Å².